The van der Waals surface area contributed by atoms with Crippen molar-refractivity contribution in [3.8, 4) is 34.2 Å². The van der Waals surface area contributed by atoms with Crippen molar-refractivity contribution in [3.63, 3.8) is 0 Å². The van der Waals surface area contributed by atoms with Gasteiger partial charge in [-0.25, -0.2) is 4.98 Å². The van der Waals surface area contributed by atoms with E-state index in [4.69, 9.17) is 9.72 Å². The molecule has 6 nitrogen and oxygen atoms in total. The number of ether oxygens (including phenoxy) is 1. The first-order chi connectivity index (χ1) is 20.8. The molecule has 0 spiro atoms. The third kappa shape index (κ3) is 3.98. The molecule has 3 fully saturated rings. The van der Waals surface area contributed by atoms with Crippen LogP contribution < -0.4 is 10.3 Å². The second-order valence-electron chi connectivity index (χ2n) is 14.3. The molecule has 1 N–H and O–H groups in total. The van der Waals surface area contributed by atoms with Crippen LogP contribution in [0.3, 0.4) is 0 Å². The SMILES string of the molecule is COc1ccc(-n2c3nc(-c4ccccc4)nc(=O)c-3cc3c2C[C@@H]2CC[C@@H]4[C@H](CC[C@]5(C)[C@@H](O)CC[C@@H]45)[C@@]2(C)C3)cc1. The van der Waals surface area contributed by atoms with Crippen LogP contribution in [0, 0.1) is 34.5 Å². The van der Waals surface area contributed by atoms with Gasteiger partial charge < -0.3 is 9.84 Å². The van der Waals surface area contributed by atoms with Gasteiger partial charge in [-0.3, -0.25) is 9.36 Å². The summed E-state index contributed by atoms with van der Waals surface area (Å²) in [5.41, 5.74) is 4.97. The number of hydrogen-bond donors (Lipinski definition) is 1. The van der Waals surface area contributed by atoms with E-state index in [2.05, 4.69) is 41.6 Å². The van der Waals surface area contributed by atoms with E-state index in [-0.39, 0.29) is 22.5 Å². The van der Waals surface area contributed by atoms with Crippen LogP contribution in [0.1, 0.15) is 63.6 Å². The topological polar surface area (TPSA) is 77.2 Å². The average molecular weight is 576 g/mol. The number of benzene rings is 2. The Bertz CT molecular complexity index is 1720. The van der Waals surface area contributed by atoms with E-state index >= 15 is 0 Å². The highest BCUT2D eigenvalue weighted by Crippen LogP contribution is 2.65. The minimum absolute atomic E-state index is 0.0792. The predicted octanol–water partition coefficient (Wildman–Crippen LogP) is 6.73. The zero-order valence-electron chi connectivity index (χ0n) is 25.4. The number of nitrogens with zero attached hydrogens (tertiary/aromatic N) is 3. The van der Waals surface area contributed by atoms with Crippen molar-refractivity contribution < 1.29 is 9.84 Å². The Kier molecular flexibility index (Phi) is 6.14. The molecule has 0 bridgehead atoms. The molecule has 0 amide bonds. The van der Waals surface area contributed by atoms with Gasteiger partial charge >= 0.3 is 0 Å². The molecular formula is C37H41N3O3. The second-order valence-corrected chi connectivity index (χ2v) is 14.3. The van der Waals surface area contributed by atoms with Crippen LogP contribution in [0.25, 0.3) is 28.5 Å². The molecule has 2 aromatic rings. The van der Waals surface area contributed by atoms with E-state index in [0.717, 1.165) is 42.7 Å². The fourth-order valence-corrected chi connectivity index (χ4v) is 10.1. The van der Waals surface area contributed by atoms with Crippen molar-refractivity contribution >= 4 is 0 Å². The van der Waals surface area contributed by atoms with Crippen LogP contribution in [-0.4, -0.2) is 32.9 Å². The summed E-state index contributed by atoms with van der Waals surface area (Å²) in [6.07, 6.45) is 8.70. The number of aromatic nitrogens is 3. The molecule has 2 aromatic carbocycles. The summed E-state index contributed by atoms with van der Waals surface area (Å²) in [4.78, 5) is 23.3. The van der Waals surface area contributed by atoms with Crippen LogP contribution in [-0.2, 0) is 12.8 Å². The van der Waals surface area contributed by atoms with Crippen LogP contribution in [0.5, 0.6) is 5.75 Å². The zero-order chi connectivity index (χ0) is 29.5. The Morgan fingerprint density at radius 2 is 1.67 bits per heavy atom. The van der Waals surface area contributed by atoms with Gasteiger partial charge in [0.2, 0.25) is 0 Å². The molecule has 43 heavy (non-hydrogen) atoms. The molecule has 0 aromatic heterocycles. The van der Waals surface area contributed by atoms with Crippen molar-refractivity contribution in [2.24, 2.45) is 34.5 Å². The number of methoxy groups -OCH3 is 1. The van der Waals surface area contributed by atoms with Gasteiger partial charge in [-0.2, -0.15) is 4.98 Å². The highest BCUT2D eigenvalue weighted by molar-refractivity contribution is 5.67. The minimum Gasteiger partial charge on any atom is -0.497 e. The molecule has 2 heterocycles. The van der Waals surface area contributed by atoms with Gasteiger partial charge in [-0.05, 0) is 122 Å². The molecular weight excluding hydrogens is 534 g/mol. The summed E-state index contributed by atoms with van der Waals surface area (Å²) >= 11 is 0. The summed E-state index contributed by atoms with van der Waals surface area (Å²) in [5, 5.41) is 10.9. The molecule has 6 aliphatic rings. The van der Waals surface area contributed by atoms with Crippen molar-refractivity contribution in [2.75, 3.05) is 7.11 Å². The Labute approximate surface area is 253 Å². The highest BCUT2D eigenvalue weighted by atomic mass is 16.5. The standard InChI is InChI=1S/C37H41N3O3/c1-36-18-17-30-27(29(36)15-16-32(36)41)14-9-24-20-31-23(21-37(24,30)2)19-28-34(40(31)25-10-12-26(43-3)13-11-25)38-33(39-35(28)42)22-7-5-4-6-8-22/h4-8,10-13,19,24,27,29-30,32,41H,9,14-18,20-21H2,1-3H3/t24-,27-,29-,30-,32-,36-,37-/m0/s1. The van der Waals surface area contributed by atoms with Gasteiger partial charge in [0.05, 0.1) is 18.8 Å². The predicted molar refractivity (Wildman–Crippen MR) is 168 cm³/mol. The molecule has 3 saturated carbocycles. The quantitative estimate of drug-likeness (QED) is 0.293. The fraction of sp³-hybridized carbons (Fsp3) is 0.486. The maximum atomic E-state index is 13.7. The monoisotopic (exact) mass is 575 g/mol. The van der Waals surface area contributed by atoms with Gasteiger partial charge in [0, 0.05) is 16.9 Å². The van der Waals surface area contributed by atoms with Crippen molar-refractivity contribution in [1.29, 1.82) is 0 Å². The van der Waals surface area contributed by atoms with Crippen LogP contribution in [0.2, 0.25) is 0 Å². The van der Waals surface area contributed by atoms with Gasteiger partial charge in [-0.1, -0.05) is 44.2 Å². The Hall–Kier alpha value is -3.51. The first-order valence-electron chi connectivity index (χ1n) is 16.1. The van der Waals surface area contributed by atoms with E-state index < -0.39 is 0 Å². The molecule has 2 aliphatic heterocycles. The summed E-state index contributed by atoms with van der Waals surface area (Å²) < 4.78 is 7.73. The van der Waals surface area contributed by atoms with E-state index in [9.17, 15) is 9.90 Å². The molecule has 0 radical (unpaired) electrons. The van der Waals surface area contributed by atoms with Crippen molar-refractivity contribution in [3.05, 3.63) is 82.3 Å². The number of aliphatic hydroxyl groups excluding tert-OH is 1. The van der Waals surface area contributed by atoms with Crippen molar-refractivity contribution in [2.45, 2.75) is 71.3 Å². The minimum atomic E-state index is -0.226. The molecule has 6 heteroatoms. The maximum absolute atomic E-state index is 13.7. The Morgan fingerprint density at radius 1 is 0.907 bits per heavy atom. The van der Waals surface area contributed by atoms with E-state index in [0.29, 0.717) is 40.9 Å². The Balaban J connectivity index is 1.28. The van der Waals surface area contributed by atoms with Crippen LogP contribution >= 0.6 is 0 Å². The molecule has 4 aliphatic carbocycles. The lowest BCUT2D eigenvalue weighted by Gasteiger charge is -2.60. The smallest absolute Gasteiger partial charge is 0.282 e. The van der Waals surface area contributed by atoms with E-state index in [1.165, 1.54) is 36.9 Å². The molecule has 0 saturated heterocycles. The average Bonchev–Trinajstić information content (AvgIpc) is 3.33. The molecule has 222 valence electrons. The van der Waals surface area contributed by atoms with Gasteiger partial charge in [0.25, 0.3) is 5.56 Å². The normalized spacial score (nSPS) is 32.9. The lowest BCUT2D eigenvalue weighted by atomic mass is 9.45. The van der Waals surface area contributed by atoms with Crippen molar-refractivity contribution in [1.82, 2.24) is 14.5 Å². The first-order valence-corrected chi connectivity index (χ1v) is 16.1. The molecule has 8 rings (SSSR count). The second kappa shape index (κ2) is 9.75. The number of rotatable bonds is 3. The summed E-state index contributed by atoms with van der Waals surface area (Å²) in [6, 6.07) is 20.0. The largest absolute Gasteiger partial charge is 0.497 e. The highest BCUT2D eigenvalue weighted by Gasteiger charge is 2.60. The first kappa shape index (κ1) is 27.1. The number of pyridine rings is 1. The van der Waals surface area contributed by atoms with E-state index in [1.54, 1.807) is 7.11 Å². The fourth-order valence-electron chi connectivity index (χ4n) is 10.1. The lowest BCUT2D eigenvalue weighted by molar-refractivity contribution is -0.111. The number of fused-ring (bicyclic) bond motifs is 7. The summed E-state index contributed by atoms with van der Waals surface area (Å²) in [6.45, 7) is 4.90. The van der Waals surface area contributed by atoms with Crippen LogP contribution in [0.15, 0.2) is 65.5 Å². The Morgan fingerprint density at radius 3 is 2.44 bits per heavy atom. The summed E-state index contributed by atoms with van der Waals surface area (Å²) in [5.74, 6) is 4.46. The summed E-state index contributed by atoms with van der Waals surface area (Å²) in [7, 11) is 1.68. The zero-order valence-corrected chi connectivity index (χ0v) is 25.4. The van der Waals surface area contributed by atoms with Gasteiger partial charge in [0.15, 0.2) is 11.6 Å². The molecule has 0 unspecified atom stereocenters. The third-order valence-corrected chi connectivity index (χ3v) is 12.5. The maximum Gasteiger partial charge on any atom is 0.282 e. The number of hydrogen-bond acceptors (Lipinski definition) is 5. The molecule has 7 atom stereocenters. The number of aliphatic hydroxyl groups is 1. The third-order valence-electron chi connectivity index (χ3n) is 12.5. The van der Waals surface area contributed by atoms with E-state index in [1.807, 2.05) is 42.5 Å². The van der Waals surface area contributed by atoms with Gasteiger partial charge in [-0.15, -0.1) is 0 Å². The lowest BCUT2D eigenvalue weighted by Crippen LogP contribution is -2.55. The van der Waals surface area contributed by atoms with Crippen LogP contribution in [0.4, 0.5) is 0 Å². The van der Waals surface area contributed by atoms with Gasteiger partial charge in [0.1, 0.15) is 5.75 Å².